The highest BCUT2D eigenvalue weighted by Gasteiger charge is 1.99. The molecule has 0 spiro atoms. The van der Waals surface area contributed by atoms with Crippen molar-refractivity contribution in [3.05, 3.63) is 52.8 Å². The number of nitrogen functional groups attached to an aromatic ring is 1. The van der Waals surface area contributed by atoms with Gasteiger partial charge in [0.2, 0.25) is 0 Å². The summed E-state index contributed by atoms with van der Waals surface area (Å²) in [6, 6.07) is 9.71. The van der Waals surface area contributed by atoms with E-state index in [1.165, 1.54) is 0 Å². The van der Waals surface area contributed by atoms with Gasteiger partial charge in [-0.15, -0.1) is 0 Å². The number of rotatable bonds is 4. The summed E-state index contributed by atoms with van der Waals surface area (Å²) in [7, 11) is 0. The van der Waals surface area contributed by atoms with Crippen LogP contribution in [0, 0.1) is 0 Å². The SMILES string of the molecule is Nc1ccccc1CCOc1cncc(Br)c1. The highest BCUT2D eigenvalue weighted by molar-refractivity contribution is 9.10. The molecule has 1 aromatic heterocycles. The second kappa shape index (κ2) is 5.68. The maximum Gasteiger partial charge on any atom is 0.138 e. The van der Waals surface area contributed by atoms with Gasteiger partial charge in [-0.25, -0.2) is 0 Å². The zero-order valence-corrected chi connectivity index (χ0v) is 10.9. The average Bonchev–Trinajstić information content (AvgIpc) is 2.32. The van der Waals surface area contributed by atoms with Crippen molar-refractivity contribution < 1.29 is 4.74 Å². The fourth-order valence-corrected chi connectivity index (χ4v) is 1.86. The van der Waals surface area contributed by atoms with E-state index in [-0.39, 0.29) is 0 Å². The maximum atomic E-state index is 5.85. The van der Waals surface area contributed by atoms with Crippen LogP contribution in [0.4, 0.5) is 5.69 Å². The first-order valence-electron chi connectivity index (χ1n) is 5.32. The molecule has 0 aliphatic heterocycles. The van der Waals surface area contributed by atoms with Crippen LogP contribution in [0.1, 0.15) is 5.56 Å². The van der Waals surface area contributed by atoms with Crippen LogP contribution in [0.3, 0.4) is 0 Å². The van der Waals surface area contributed by atoms with Crippen LogP contribution >= 0.6 is 15.9 Å². The minimum atomic E-state index is 0.590. The summed E-state index contributed by atoms with van der Waals surface area (Å²) in [6.45, 7) is 0.590. The topological polar surface area (TPSA) is 48.1 Å². The highest BCUT2D eigenvalue weighted by Crippen LogP contribution is 2.17. The van der Waals surface area contributed by atoms with E-state index in [4.69, 9.17) is 10.5 Å². The van der Waals surface area contributed by atoms with Gasteiger partial charge in [-0.2, -0.15) is 0 Å². The number of aromatic nitrogens is 1. The van der Waals surface area contributed by atoms with Gasteiger partial charge in [0.15, 0.2) is 0 Å². The molecule has 0 amide bonds. The Labute approximate surface area is 109 Å². The first-order valence-corrected chi connectivity index (χ1v) is 6.12. The lowest BCUT2D eigenvalue weighted by Gasteiger charge is -2.07. The molecule has 0 saturated carbocycles. The summed E-state index contributed by atoms with van der Waals surface area (Å²) in [5.74, 6) is 0.758. The lowest BCUT2D eigenvalue weighted by Crippen LogP contribution is -2.03. The zero-order valence-electron chi connectivity index (χ0n) is 9.27. The number of nitrogens with zero attached hydrogens (tertiary/aromatic N) is 1. The molecule has 2 aromatic rings. The lowest BCUT2D eigenvalue weighted by molar-refractivity contribution is 0.320. The Bertz CT molecular complexity index is 502. The van der Waals surface area contributed by atoms with E-state index >= 15 is 0 Å². The predicted molar refractivity (Wildman–Crippen MR) is 72.0 cm³/mol. The first kappa shape index (κ1) is 11.9. The van der Waals surface area contributed by atoms with Crippen LogP contribution in [-0.4, -0.2) is 11.6 Å². The monoisotopic (exact) mass is 292 g/mol. The Balaban J connectivity index is 1.90. The molecule has 2 N–H and O–H groups in total. The van der Waals surface area contributed by atoms with Gasteiger partial charge < -0.3 is 10.5 Å². The number of nitrogens with two attached hydrogens (primary N) is 1. The molecule has 0 radical (unpaired) electrons. The fraction of sp³-hybridized carbons (Fsp3) is 0.154. The Morgan fingerprint density at radius 1 is 1.24 bits per heavy atom. The standard InChI is InChI=1S/C13H13BrN2O/c14-11-7-12(9-16-8-11)17-6-5-10-3-1-2-4-13(10)15/h1-4,7-9H,5-6,15H2. The predicted octanol–water partition coefficient (Wildman–Crippen LogP) is 3.05. The molecule has 3 nitrogen and oxygen atoms in total. The molecule has 0 saturated heterocycles. The number of hydrogen-bond acceptors (Lipinski definition) is 3. The summed E-state index contributed by atoms with van der Waals surface area (Å²) in [5.41, 5.74) is 7.76. The van der Waals surface area contributed by atoms with E-state index in [1.54, 1.807) is 12.4 Å². The Kier molecular flexibility index (Phi) is 3.98. The molecule has 17 heavy (non-hydrogen) atoms. The second-order valence-corrected chi connectivity index (χ2v) is 4.55. The molecule has 0 aliphatic carbocycles. The van der Waals surface area contributed by atoms with Crippen LogP contribution in [0.25, 0.3) is 0 Å². The van der Waals surface area contributed by atoms with E-state index < -0.39 is 0 Å². The van der Waals surface area contributed by atoms with E-state index in [9.17, 15) is 0 Å². The van der Waals surface area contributed by atoms with Crippen LogP contribution < -0.4 is 10.5 Å². The number of hydrogen-bond donors (Lipinski definition) is 1. The van der Waals surface area contributed by atoms with Crippen molar-refractivity contribution in [3.63, 3.8) is 0 Å². The summed E-state index contributed by atoms with van der Waals surface area (Å²) < 4.78 is 6.51. The zero-order chi connectivity index (χ0) is 12.1. The van der Waals surface area contributed by atoms with Crippen molar-refractivity contribution in [2.45, 2.75) is 6.42 Å². The molecule has 88 valence electrons. The minimum Gasteiger partial charge on any atom is -0.492 e. The molecule has 0 aliphatic rings. The van der Waals surface area contributed by atoms with Gasteiger partial charge in [-0.3, -0.25) is 4.98 Å². The smallest absolute Gasteiger partial charge is 0.138 e. The second-order valence-electron chi connectivity index (χ2n) is 3.64. The van der Waals surface area contributed by atoms with Gasteiger partial charge in [0.1, 0.15) is 5.75 Å². The average molecular weight is 293 g/mol. The number of pyridine rings is 1. The lowest BCUT2D eigenvalue weighted by atomic mass is 10.1. The van der Waals surface area contributed by atoms with Gasteiger partial charge in [0, 0.05) is 22.8 Å². The molecule has 1 heterocycles. The summed E-state index contributed by atoms with van der Waals surface area (Å²) >= 11 is 3.35. The van der Waals surface area contributed by atoms with Crippen molar-refractivity contribution in [2.24, 2.45) is 0 Å². The summed E-state index contributed by atoms with van der Waals surface area (Å²) in [6.07, 6.45) is 4.21. The van der Waals surface area contributed by atoms with Crippen LogP contribution in [0.5, 0.6) is 5.75 Å². The van der Waals surface area contributed by atoms with Crippen molar-refractivity contribution in [1.29, 1.82) is 0 Å². The normalized spacial score (nSPS) is 10.2. The number of anilines is 1. The molecular weight excluding hydrogens is 280 g/mol. The molecular formula is C13H13BrN2O. The summed E-state index contributed by atoms with van der Waals surface area (Å²) in [4.78, 5) is 4.03. The fourth-order valence-electron chi connectivity index (χ4n) is 1.51. The molecule has 0 bridgehead atoms. The van der Waals surface area contributed by atoms with E-state index in [0.717, 1.165) is 27.9 Å². The first-order chi connectivity index (χ1) is 8.25. The van der Waals surface area contributed by atoms with Gasteiger partial charge in [0.25, 0.3) is 0 Å². The Morgan fingerprint density at radius 2 is 2.06 bits per heavy atom. The van der Waals surface area contributed by atoms with Crippen molar-refractivity contribution >= 4 is 21.6 Å². The molecule has 0 fully saturated rings. The largest absolute Gasteiger partial charge is 0.492 e. The minimum absolute atomic E-state index is 0.590. The number of benzene rings is 1. The third-order valence-corrected chi connectivity index (χ3v) is 2.81. The molecule has 0 atom stereocenters. The molecule has 2 rings (SSSR count). The molecule has 4 heteroatoms. The third kappa shape index (κ3) is 3.46. The van der Waals surface area contributed by atoms with Gasteiger partial charge in [-0.05, 0) is 33.6 Å². The van der Waals surface area contributed by atoms with Crippen LogP contribution in [0.15, 0.2) is 47.2 Å². The van der Waals surface area contributed by atoms with Crippen molar-refractivity contribution in [3.8, 4) is 5.75 Å². The third-order valence-electron chi connectivity index (χ3n) is 2.38. The quantitative estimate of drug-likeness (QED) is 0.881. The van der Waals surface area contributed by atoms with Gasteiger partial charge in [-0.1, -0.05) is 18.2 Å². The van der Waals surface area contributed by atoms with Gasteiger partial charge in [0.05, 0.1) is 12.8 Å². The molecule has 1 aromatic carbocycles. The Morgan fingerprint density at radius 3 is 2.82 bits per heavy atom. The highest BCUT2D eigenvalue weighted by atomic mass is 79.9. The molecule has 0 unspecified atom stereocenters. The number of para-hydroxylation sites is 1. The Hall–Kier alpha value is -1.55. The number of halogens is 1. The van der Waals surface area contributed by atoms with E-state index in [1.807, 2.05) is 30.3 Å². The number of ether oxygens (including phenoxy) is 1. The van der Waals surface area contributed by atoms with E-state index in [2.05, 4.69) is 20.9 Å². The maximum absolute atomic E-state index is 5.85. The summed E-state index contributed by atoms with van der Waals surface area (Å²) in [5, 5.41) is 0. The van der Waals surface area contributed by atoms with Crippen molar-refractivity contribution in [2.75, 3.05) is 12.3 Å². The van der Waals surface area contributed by atoms with Crippen LogP contribution in [0.2, 0.25) is 0 Å². The van der Waals surface area contributed by atoms with Crippen LogP contribution in [-0.2, 0) is 6.42 Å². The van der Waals surface area contributed by atoms with E-state index in [0.29, 0.717) is 6.61 Å². The van der Waals surface area contributed by atoms with Gasteiger partial charge >= 0.3 is 0 Å². The van der Waals surface area contributed by atoms with Crippen molar-refractivity contribution in [1.82, 2.24) is 4.98 Å².